The Balaban J connectivity index is 1.50. The molecule has 0 radical (unpaired) electrons. The van der Waals surface area contributed by atoms with Gasteiger partial charge in [-0.1, -0.05) is 30.3 Å². The zero-order valence-corrected chi connectivity index (χ0v) is 13.9. The summed E-state index contributed by atoms with van der Waals surface area (Å²) in [4.78, 5) is 16.3. The van der Waals surface area contributed by atoms with E-state index in [1.54, 1.807) is 0 Å². The monoisotopic (exact) mass is 325 g/mol. The fourth-order valence-electron chi connectivity index (χ4n) is 2.59. The fourth-order valence-corrected chi connectivity index (χ4v) is 2.59. The van der Waals surface area contributed by atoms with Gasteiger partial charge in [-0.15, -0.1) is 0 Å². The summed E-state index contributed by atoms with van der Waals surface area (Å²) in [5.41, 5.74) is 1.91. The number of hydrogen-bond donors (Lipinski definition) is 1. The molecule has 0 saturated carbocycles. The smallest absolute Gasteiger partial charge is 0.321 e. The van der Waals surface area contributed by atoms with Crippen LogP contribution in [0.4, 0.5) is 10.5 Å². The molecular formula is C19H23N3O2. The third kappa shape index (κ3) is 4.49. The predicted molar refractivity (Wildman–Crippen MR) is 95.3 cm³/mol. The van der Waals surface area contributed by atoms with Gasteiger partial charge in [0.05, 0.1) is 0 Å². The molecule has 0 aromatic heterocycles. The van der Waals surface area contributed by atoms with Crippen LogP contribution in [0, 0.1) is 0 Å². The molecule has 0 unspecified atom stereocenters. The molecule has 126 valence electrons. The molecule has 1 aliphatic rings. The molecule has 5 heteroatoms. The summed E-state index contributed by atoms with van der Waals surface area (Å²) in [6.07, 6.45) is 0. The molecule has 0 atom stereocenters. The van der Waals surface area contributed by atoms with Crippen molar-refractivity contribution in [3.05, 3.63) is 60.2 Å². The first-order valence-electron chi connectivity index (χ1n) is 8.22. The molecular weight excluding hydrogens is 302 g/mol. The Kier molecular flexibility index (Phi) is 5.33. The second-order valence-corrected chi connectivity index (χ2v) is 6.02. The van der Waals surface area contributed by atoms with Crippen molar-refractivity contribution in [2.24, 2.45) is 0 Å². The van der Waals surface area contributed by atoms with Crippen LogP contribution in [0.1, 0.15) is 5.56 Å². The third-order valence-electron chi connectivity index (χ3n) is 4.14. The van der Waals surface area contributed by atoms with Crippen molar-refractivity contribution < 1.29 is 9.53 Å². The number of ether oxygens (including phenoxy) is 1. The highest BCUT2D eigenvalue weighted by molar-refractivity contribution is 5.89. The summed E-state index contributed by atoms with van der Waals surface area (Å²) < 4.78 is 5.75. The molecule has 1 N–H and O–H groups in total. The molecule has 2 aromatic carbocycles. The first-order chi connectivity index (χ1) is 11.7. The second-order valence-electron chi connectivity index (χ2n) is 6.02. The summed E-state index contributed by atoms with van der Waals surface area (Å²) in [5.74, 6) is 0.788. The van der Waals surface area contributed by atoms with Crippen LogP contribution in [0.5, 0.6) is 5.75 Å². The number of nitrogens with one attached hydrogen (secondary N) is 1. The molecule has 24 heavy (non-hydrogen) atoms. The molecule has 2 aromatic rings. The van der Waals surface area contributed by atoms with Gasteiger partial charge >= 0.3 is 6.03 Å². The highest BCUT2D eigenvalue weighted by Gasteiger charge is 2.18. The Bertz CT molecular complexity index is 650. The minimum absolute atomic E-state index is 0.0407. The number of hydrogen-bond acceptors (Lipinski definition) is 3. The van der Waals surface area contributed by atoms with Crippen LogP contribution in [0.25, 0.3) is 0 Å². The molecule has 5 nitrogen and oxygen atoms in total. The molecule has 2 amide bonds. The standard InChI is InChI=1S/C19H23N3O2/c1-21-11-13-22(14-12-21)19(23)20-17-7-9-18(10-8-17)24-15-16-5-3-2-4-6-16/h2-10H,11-15H2,1H3,(H,20,23). The predicted octanol–water partition coefficient (Wildman–Crippen LogP) is 3.04. The topological polar surface area (TPSA) is 44.8 Å². The lowest BCUT2D eigenvalue weighted by molar-refractivity contribution is 0.164. The lowest BCUT2D eigenvalue weighted by atomic mass is 10.2. The fraction of sp³-hybridized carbons (Fsp3) is 0.316. The van der Waals surface area contributed by atoms with Crippen molar-refractivity contribution in [1.29, 1.82) is 0 Å². The maximum atomic E-state index is 12.2. The van der Waals surface area contributed by atoms with Crippen LogP contribution in [0.2, 0.25) is 0 Å². The zero-order chi connectivity index (χ0) is 16.8. The number of likely N-dealkylation sites (N-methyl/N-ethyl adjacent to an activating group) is 1. The van der Waals surface area contributed by atoms with Crippen LogP contribution in [-0.4, -0.2) is 49.1 Å². The normalized spacial score (nSPS) is 15.1. The van der Waals surface area contributed by atoms with E-state index in [4.69, 9.17) is 4.74 Å². The lowest BCUT2D eigenvalue weighted by Crippen LogP contribution is -2.48. The van der Waals surface area contributed by atoms with Gasteiger partial charge in [-0.3, -0.25) is 0 Å². The van der Waals surface area contributed by atoms with Gasteiger partial charge in [0.2, 0.25) is 0 Å². The van der Waals surface area contributed by atoms with Gasteiger partial charge in [-0.25, -0.2) is 4.79 Å². The van der Waals surface area contributed by atoms with E-state index in [9.17, 15) is 4.79 Å². The number of benzene rings is 2. The van der Waals surface area contributed by atoms with Crippen molar-refractivity contribution in [2.45, 2.75) is 6.61 Å². The Hall–Kier alpha value is -2.53. The van der Waals surface area contributed by atoms with Gasteiger partial charge in [0.25, 0.3) is 0 Å². The van der Waals surface area contributed by atoms with Crippen LogP contribution in [0.3, 0.4) is 0 Å². The minimum Gasteiger partial charge on any atom is -0.489 e. The van der Waals surface area contributed by atoms with E-state index >= 15 is 0 Å². The van der Waals surface area contributed by atoms with Gasteiger partial charge < -0.3 is 19.9 Å². The lowest BCUT2D eigenvalue weighted by Gasteiger charge is -2.32. The van der Waals surface area contributed by atoms with E-state index in [1.807, 2.05) is 59.5 Å². The molecule has 0 bridgehead atoms. The van der Waals surface area contributed by atoms with Crippen LogP contribution >= 0.6 is 0 Å². The second kappa shape index (κ2) is 7.84. The number of amides is 2. The van der Waals surface area contributed by atoms with Crippen molar-refractivity contribution in [1.82, 2.24) is 9.80 Å². The quantitative estimate of drug-likeness (QED) is 0.940. The number of urea groups is 1. The Morgan fingerprint density at radius 3 is 2.33 bits per heavy atom. The van der Waals surface area contributed by atoms with Gasteiger partial charge in [-0.2, -0.15) is 0 Å². The number of anilines is 1. The number of rotatable bonds is 4. The van der Waals surface area contributed by atoms with E-state index in [2.05, 4.69) is 17.3 Å². The number of carbonyl (C=O) groups excluding carboxylic acids is 1. The first-order valence-corrected chi connectivity index (χ1v) is 8.22. The summed E-state index contributed by atoms with van der Waals surface area (Å²) >= 11 is 0. The average molecular weight is 325 g/mol. The van der Waals surface area contributed by atoms with Gasteiger partial charge in [0, 0.05) is 31.9 Å². The Labute approximate surface area is 142 Å². The molecule has 0 aliphatic carbocycles. The van der Waals surface area contributed by atoms with Crippen molar-refractivity contribution >= 4 is 11.7 Å². The van der Waals surface area contributed by atoms with Crippen LogP contribution in [-0.2, 0) is 6.61 Å². The highest BCUT2D eigenvalue weighted by atomic mass is 16.5. The van der Waals surface area contributed by atoms with Gasteiger partial charge in [0.1, 0.15) is 12.4 Å². The summed E-state index contributed by atoms with van der Waals surface area (Å²) in [6.45, 7) is 3.90. The Morgan fingerprint density at radius 1 is 1.00 bits per heavy atom. The Morgan fingerprint density at radius 2 is 1.67 bits per heavy atom. The van der Waals surface area contributed by atoms with Crippen LogP contribution in [0.15, 0.2) is 54.6 Å². The third-order valence-corrected chi connectivity index (χ3v) is 4.14. The molecule has 1 fully saturated rings. The summed E-state index contributed by atoms with van der Waals surface area (Å²) in [7, 11) is 2.07. The first kappa shape index (κ1) is 16.3. The minimum atomic E-state index is -0.0407. The van der Waals surface area contributed by atoms with E-state index in [-0.39, 0.29) is 6.03 Å². The maximum Gasteiger partial charge on any atom is 0.321 e. The van der Waals surface area contributed by atoms with Crippen molar-refractivity contribution in [3.63, 3.8) is 0 Å². The number of piperazine rings is 1. The number of nitrogens with zero attached hydrogens (tertiary/aromatic N) is 2. The zero-order valence-electron chi connectivity index (χ0n) is 13.9. The summed E-state index contributed by atoms with van der Waals surface area (Å²) in [5, 5.41) is 2.94. The summed E-state index contributed by atoms with van der Waals surface area (Å²) in [6, 6.07) is 17.5. The average Bonchev–Trinajstić information content (AvgIpc) is 2.62. The van der Waals surface area contributed by atoms with E-state index in [0.29, 0.717) is 6.61 Å². The molecule has 3 rings (SSSR count). The van der Waals surface area contributed by atoms with E-state index in [0.717, 1.165) is 43.2 Å². The van der Waals surface area contributed by atoms with Crippen LogP contribution < -0.4 is 10.1 Å². The maximum absolute atomic E-state index is 12.2. The number of carbonyl (C=O) groups is 1. The molecule has 0 spiro atoms. The highest BCUT2D eigenvalue weighted by Crippen LogP contribution is 2.17. The SMILES string of the molecule is CN1CCN(C(=O)Nc2ccc(OCc3ccccc3)cc2)CC1. The molecule has 1 aliphatic heterocycles. The largest absolute Gasteiger partial charge is 0.489 e. The van der Waals surface area contributed by atoms with Gasteiger partial charge in [0.15, 0.2) is 0 Å². The van der Waals surface area contributed by atoms with E-state index in [1.165, 1.54) is 0 Å². The molecule has 1 heterocycles. The van der Waals surface area contributed by atoms with E-state index < -0.39 is 0 Å². The van der Waals surface area contributed by atoms with Gasteiger partial charge in [-0.05, 0) is 36.9 Å². The molecule has 1 saturated heterocycles. The van der Waals surface area contributed by atoms with Crippen molar-refractivity contribution in [3.8, 4) is 5.75 Å². The van der Waals surface area contributed by atoms with Crippen molar-refractivity contribution in [2.75, 3.05) is 38.5 Å².